The van der Waals surface area contributed by atoms with Gasteiger partial charge in [-0.2, -0.15) is 5.10 Å². The largest absolute Gasteiger partial charge is 0.306 e. The van der Waals surface area contributed by atoms with Gasteiger partial charge in [-0.15, -0.1) is 0 Å². The zero-order valence-corrected chi connectivity index (χ0v) is 12.6. The van der Waals surface area contributed by atoms with Gasteiger partial charge in [0.25, 0.3) is 5.91 Å². The average molecular weight is 315 g/mol. The van der Waals surface area contributed by atoms with Gasteiger partial charge in [0.2, 0.25) is 0 Å². The number of aromatic nitrogens is 4. The molecular formula is C18H13N5O. The second kappa shape index (κ2) is 5.92. The van der Waals surface area contributed by atoms with E-state index in [2.05, 4.69) is 25.5 Å². The molecule has 0 fully saturated rings. The molecule has 24 heavy (non-hydrogen) atoms. The lowest BCUT2D eigenvalue weighted by molar-refractivity contribution is 0.102. The first kappa shape index (κ1) is 14.1. The van der Waals surface area contributed by atoms with E-state index in [4.69, 9.17) is 0 Å². The van der Waals surface area contributed by atoms with E-state index < -0.39 is 0 Å². The lowest BCUT2D eigenvalue weighted by Gasteiger charge is -2.04. The lowest BCUT2D eigenvalue weighted by Crippen LogP contribution is -2.12. The van der Waals surface area contributed by atoms with Crippen LogP contribution in [0.15, 0.2) is 67.1 Å². The minimum Gasteiger partial charge on any atom is -0.306 e. The number of carbonyl (C=O) groups excluding carboxylic acids is 1. The van der Waals surface area contributed by atoms with E-state index in [-0.39, 0.29) is 5.91 Å². The van der Waals surface area contributed by atoms with Crippen molar-refractivity contribution in [3.8, 4) is 11.1 Å². The molecule has 4 rings (SSSR count). The third-order valence-corrected chi connectivity index (χ3v) is 3.70. The maximum atomic E-state index is 12.3. The van der Waals surface area contributed by atoms with Crippen LogP contribution in [0, 0.1) is 0 Å². The number of nitrogens with one attached hydrogen (secondary N) is 2. The van der Waals surface area contributed by atoms with Gasteiger partial charge in [-0.3, -0.25) is 14.9 Å². The number of fused-ring (bicyclic) bond motifs is 1. The molecule has 0 unspecified atom stereocenters. The van der Waals surface area contributed by atoms with Crippen LogP contribution in [0.25, 0.3) is 22.2 Å². The zero-order valence-electron chi connectivity index (χ0n) is 12.6. The van der Waals surface area contributed by atoms with Crippen molar-refractivity contribution in [3.63, 3.8) is 0 Å². The number of H-pyrrole nitrogens is 1. The normalized spacial score (nSPS) is 10.7. The van der Waals surface area contributed by atoms with Crippen molar-refractivity contribution in [2.75, 3.05) is 5.32 Å². The molecule has 6 nitrogen and oxygen atoms in total. The molecule has 6 heteroatoms. The molecule has 0 aliphatic rings. The molecule has 0 spiro atoms. The summed E-state index contributed by atoms with van der Waals surface area (Å²) >= 11 is 0. The predicted octanol–water partition coefficient (Wildman–Crippen LogP) is 3.27. The minimum absolute atomic E-state index is 0.199. The molecule has 0 radical (unpaired) electrons. The number of carbonyl (C=O) groups is 1. The van der Waals surface area contributed by atoms with Gasteiger partial charge in [0.15, 0.2) is 5.65 Å². The van der Waals surface area contributed by atoms with Gasteiger partial charge in [0, 0.05) is 29.7 Å². The summed E-state index contributed by atoms with van der Waals surface area (Å²) in [5.74, 6) is 0.331. The van der Waals surface area contributed by atoms with Crippen molar-refractivity contribution in [1.29, 1.82) is 0 Å². The molecule has 4 aromatic rings. The monoisotopic (exact) mass is 315 g/mol. The fourth-order valence-electron chi connectivity index (χ4n) is 2.47. The molecule has 1 amide bonds. The van der Waals surface area contributed by atoms with E-state index >= 15 is 0 Å². The van der Waals surface area contributed by atoms with Crippen LogP contribution in [-0.2, 0) is 0 Å². The second-order valence-electron chi connectivity index (χ2n) is 5.25. The predicted molar refractivity (Wildman–Crippen MR) is 91.5 cm³/mol. The van der Waals surface area contributed by atoms with Crippen molar-refractivity contribution in [2.45, 2.75) is 0 Å². The number of pyridine rings is 2. The van der Waals surface area contributed by atoms with E-state index in [0.29, 0.717) is 17.0 Å². The topological polar surface area (TPSA) is 83.6 Å². The molecule has 2 N–H and O–H groups in total. The Labute approximate surface area is 137 Å². The maximum Gasteiger partial charge on any atom is 0.256 e. The molecule has 116 valence electrons. The Bertz CT molecular complexity index is 996. The van der Waals surface area contributed by atoms with Crippen LogP contribution in [0.3, 0.4) is 0 Å². The molecule has 0 saturated carbocycles. The molecule has 0 aliphatic carbocycles. The Balaban J connectivity index is 1.70. The molecule has 0 aliphatic heterocycles. The van der Waals surface area contributed by atoms with E-state index in [1.807, 2.05) is 36.4 Å². The van der Waals surface area contributed by atoms with E-state index in [1.54, 1.807) is 30.7 Å². The zero-order chi connectivity index (χ0) is 16.4. The van der Waals surface area contributed by atoms with Crippen molar-refractivity contribution >= 4 is 22.8 Å². The number of amides is 1. The summed E-state index contributed by atoms with van der Waals surface area (Å²) in [6, 6.07) is 14.8. The highest BCUT2D eigenvalue weighted by Crippen LogP contribution is 2.25. The molecular weight excluding hydrogens is 302 g/mol. The van der Waals surface area contributed by atoms with Gasteiger partial charge < -0.3 is 5.32 Å². The highest BCUT2D eigenvalue weighted by atomic mass is 16.1. The van der Waals surface area contributed by atoms with Crippen LogP contribution >= 0.6 is 0 Å². The third kappa shape index (κ3) is 2.61. The van der Waals surface area contributed by atoms with Crippen molar-refractivity contribution in [1.82, 2.24) is 20.2 Å². The Kier molecular flexibility index (Phi) is 3.47. The summed E-state index contributed by atoms with van der Waals surface area (Å²) in [4.78, 5) is 20.7. The minimum atomic E-state index is -0.199. The molecule has 0 saturated heterocycles. The van der Waals surface area contributed by atoms with Crippen molar-refractivity contribution in [2.24, 2.45) is 0 Å². The quantitative estimate of drug-likeness (QED) is 0.608. The SMILES string of the molecule is O=C(Nc1[nH]nc2ncc(-c3ccncc3)cc12)c1ccccc1. The van der Waals surface area contributed by atoms with Crippen LogP contribution in [0.2, 0.25) is 0 Å². The first-order valence-electron chi connectivity index (χ1n) is 7.42. The highest BCUT2D eigenvalue weighted by Gasteiger charge is 2.12. The fourth-order valence-corrected chi connectivity index (χ4v) is 2.47. The first-order chi connectivity index (χ1) is 11.8. The number of anilines is 1. The van der Waals surface area contributed by atoms with Crippen LogP contribution in [0.1, 0.15) is 10.4 Å². The number of aromatic amines is 1. The van der Waals surface area contributed by atoms with Crippen LogP contribution in [0.4, 0.5) is 5.82 Å². The molecule has 0 bridgehead atoms. The summed E-state index contributed by atoms with van der Waals surface area (Å²) < 4.78 is 0. The number of rotatable bonds is 3. The van der Waals surface area contributed by atoms with Gasteiger partial charge in [-0.25, -0.2) is 4.98 Å². The molecule has 0 atom stereocenters. The Hall–Kier alpha value is -3.54. The van der Waals surface area contributed by atoms with E-state index in [9.17, 15) is 4.79 Å². The molecule has 1 aromatic carbocycles. The summed E-state index contributed by atoms with van der Waals surface area (Å²) in [6.45, 7) is 0. The lowest BCUT2D eigenvalue weighted by atomic mass is 10.1. The standard InChI is InChI=1S/C18H13N5O/c24-18(13-4-2-1-3-5-13)21-17-15-10-14(11-20-16(15)22-23-17)12-6-8-19-9-7-12/h1-11H,(H2,20,21,22,23,24). The molecule has 3 heterocycles. The number of benzene rings is 1. The van der Waals surface area contributed by atoms with Gasteiger partial charge >= 0.3 is 0 Å². The smallest absolute Gasteiger partial charge is 0.256 e. The summed E-state index contributed by atoms with van der Waals surface area (Å²) in [7, 11) is 0. The third-order valence-electron chi connectivity index (χ3n) is 3.70. The summed E-state index contributed by atoms with van der Waals surface area (Å²) in [5.41, 5.74) is 3.07. The first-order valence-corrected chi connectivity index (χ1v) is 7.42. The summed E-state index contributed by atoms with van der Waals surface area (Å²) in [5, 5.41) is 10.6. The van der Waals surface area contributed by atoms with Crippen LogP contribution in [0.5, 0.6) is 0 Å². The Morgan fingerprint density at radius 2 is 1.79 bits per heavy atom. The highest BCUT2D eigenvalue weighted by molar-refractivity contribution is 6.07. The van der Waals surface area contributed by atoms with Gasteiger partial charge in [-0.1, -0.05) is 18.2 Å². The van der Waals surface area contributed by atoms with Crippen molar-refractivity contribution in [3.05, 3.63) is 72.7 Å². The Morgan fingerprint density at radius 1 is 1.00 bits per heavy atom. The van der Waals surface area contributed by atoms with Crippen LogP contribution in [-0.4, -0.2) is 26.1 Å². The van der Waals surface area contributed by atoms with E-state index in [1.165, 1.54) is 0 Å². The molecule has 3 aromatic heterocycles. The van der Waals surface area contributed by atoms with E-state index in [0.717, 1.165) is 16.5 Å². The number of nitrogens with zero attached hydrogens (tertiary/aromatic N) is 3. The Morgan fingerprint density at radius 3 is 2.58 bits per heavy atom. The van der Waals surface area contributed by atoms with Crippen molar-refractivity contribution < 1.29 is 4.79 Å². The average Bonchev–Trinajstić information content (AvgIpc) is 3.05. The van der Waals surface area contributed by atoms with Gasteiger partial charge in [0.05, 0.1) is 5.39 Å². The number of hydrogen-bond acceptors (Lipinski definition) is 4. The second-order valence-corrected chi connectivity index (χ2v) is 5.25. The fraction of sp³-hybridized carbons (Fsp3) is 0. The van der Waals surface area contributed by atoms with Gasteiger partial charge in [-0.05, 0) is 35.9 Å². The van der Waals surface area contributed by atoms with Gasteiger partial charge in [0.1, 0.15) is 5.82 Å². The van der Waals surface area contributed by atoms with Crippen LogP contribution < -0.4 is 5.32 Å². The number of hydrogen-bond donors (Lipinski definition) is 2. The summed E-state index contributed by atoms with van der Waals surface area (Å²) in [6.07, 6.45) is 5.21. The maximum absolute atomic E-state index is 12.3.